The van der Waals surface area contributed by atoms with Gasteiger partial charge in [-0.1, -0.05) is 13.8 Å². The molecule has 0 aliphatic rings. The van der Waals surface area contributed by atoms with Crippen molar-refractivity contribution in [3.05, 3.63) is 29.1 Å². The summed E-state index contributed by atoms with van der Waals surface area (Å²) in [5.74, 6) is 2.98. The van der Waals surface area contributed by atoms with Crippen LogP contribution in [-0.2, 0) is 27.2 Å². The highest BCUT2D eigenvalue weighted by atomic mass is 127. The van der Waals surface area contributed by atoms with Crippen LogP contribution in [0.1, 0.15) is 49.6 Å². The maximum absolute atomic E-state index is 4.72. The molecule has 146 valence electrons. The number of aromatic nitrogens is 5. The number of halogens is 1. The Morgan fingerprint density at radius 2 is 2.00 bits per heavy atom. The van der Waals surface area contributed by atoms with Crippen LogP contribution in [0, 0.1) is 6.92 Å². The van der Waals surface area contributed by atoms with Crippen molar-refractivity contribution in [1.29, 1.82) is 0 Å². The van der Waals surface area contributed by atoms with Crippen molar-refractivity contribution in [3.63, 3.8) is 0 Å². The zero-order valence-electron chi connectivity index (χ0n) is 16.8. The number of nitrogens with zero attached hydrogens (tertiary/aromatic N) is 7. The molecular weight excluding hydrogens is 443 g/mol. The second-order valence-electron chi connectivity index (χ2n) is 6.62. The molecule has 1 N–H and O–H groups in total. The molecule has 0 aromatic carbocycles. The molecule has 0 aliphatic heterocycles. The highest BCUT2D eigenvalue weighted by molar-refractivity contribution is 14.0. The molecule has 0 fully saturated rings. The minimum Gasteiger partial charge on any atom is -0.357 e. The molecule has 0 bridgehead atoms. The number of rotatable bonds is 6. The first-order valence-corrected chi connectivity index (χ1v) is 8.70. The predicted molar refractivity (Wildman–Crippen MR) is 115 cm³/mol. The summed E-state index contributed by atoms with van der Waals surface area (Å²) in [6.07, 6.45) is 2.08. The molecule has 0 aliphatic carbocycles. The third kappa shape index (κ3) is 5.42. The van der Waals surface area contributed by atoms with E-state index in [-0.39, 0.29) is 24.0 Å². The van der Waals surface area contributed by atoms with Crippen LogP contribution in [-0.4, -0.2) is 49.0 Å². The Labute approximate surface area is 173 Å². The van der Waals surface area contributed by atoms with Crippen molar-refractivity contribution in [3.8, 4) is 0 Å². The summed E-state index contributed by atoms with van der Waals surface area (Å²) in [5, 5.41) is 16.2. The lowest BCUT2D eigenvalue weighted by atomic mass is 10.1. The van der Waals surface area contributed by atoms with Crippen molar-refractivity contribution in [2.75, 3.05) is 13.6 Å². The van der Waals surface area contributed by atoms with Gasteiger partial charge in [0, 0.05) is 46.0 Å². The summed E-state index contributed by atoms with van der Waals surface area (Å²) in [6, 6.07) is 0. The highest BCUT2D eigenvalue weighted by Crippen LogP contribution is 2.18. The molecule has 0 radical (unpaired) electrons. The highest BCUT2D eigenvalue weighted by Gasteiger charge is 2.15. The van der Waals surface area contributed by atoms with E-state index in [9.17, 15) is 0 Å². The average Bonchev–Trinajstić information content (AvgIpc) is 3.07. The second-order valence-corrected chi connectivity index (χ2v) is 6.62. The number of hydrogen-bond donors (Lipinski definition) is 1. The normalized spacial score (nSPS) is 11.6. The molecular formula is C17H31IN8. The zero-order valence-corrected chi connectivity index (χ0v) is 19.1. The number of nitrogens with one attached hydrogen (secondary N) is 1. The van der Waals surface area contributed by atoms with Gasteiger partial charge in [0.15, 0.2) is 11.8 Å². The Morgan fingerprint density at radius 3 is 2.54 bits per heavy atom. The molecule has 0 atom stereocenters. The van der Waals surface area contributed by atoms with Crippen LogP contribution in [0.15, 0.2) is 11.2 Å². The lowest BCUT2D eigenvalue weighted by molar-refractivity contribution is 0.472. The number of aliphatic imine (C=N–C) groups is 1. The maximum atomic E-state index is 4.72. The summed E-state index contributed by atoms with van der Waals surface area (Å²) in [6.45, 7) is 10.4. The van der Waals surface area contributed by atoms with E-state index in [1.54, 1.807) is 0 Å². The lowest BCUT2D eigenvalue weighted by Gasteiger charge is -2.22. The van der Waals surface area contributed by atoms with Crippen molar-refractivity contribution >= 4 is 29.9 Å². The van der Waals surface area contributed by atoms with Crippen LogP contribution in [0.25, 0.3) is 0 Å². The van der Waals surface area contributed by atoms with Gasteiger partial charge in [-0.2, -0.15) is 5.10 Å². The Bertz CT molecular complexity index is 731. The Hall–Kier alpha value is -1.65. The van der Waals surface area contributed by atoms with E-state index in [2.05, 4.69) is 52.5 Å². The van der Waals surface area contributed by atoms with Gasteiger partial charge in [-0.3, -0.25) is 4.68 Å². The molecule has 8 nitrogen and oxygen atoms in total. The minimum absolute atomic E-state index is 0. The summed E-state index contributed by atoms with van der Waals surface area (Å²) < 4.78 is 3.84. The van der Waals surface area contributed by atoms with Crippen molar-refractivity contribution in [2.45, 2.75) is 46.7 Å². The van der Waals surface area contributed by atoms with E-state index in [1.165, 1.54) is 5.56 Å². The molecule has 2 rings (SSSR count). The molecule has 9 heteroatoms. The van der Waals surface area contributed by atoms with Gasteiger partial charge in [0.25, 0.3) is 0 Å². The first-order valence-electron chi connectivity index (χ1n) is 8.70. The van der Waals surface area contributed by atoms with Gasteiger partial charge in [0.2, 0.25) is 0 Å². The topological polar surface area (TPSA) is 76.2 Å². The molecule has 0 unspecified atom stereocenters. The van der Waals surface area contributed by atoms with E-state index in [0.29, 0.717) is 12.5 Å². The third-order valence-electron chi connectivity index (χ3n) is 4.14. The van der Waals surface area contributed by atoms with Gasteiger partial charge in [0.05, 0.1) is 5.69 Å². The SMILES string of the molecule is CCNC(=NCc1nnc(C)n1C)N(C)Cc1cn(C)nc1C(C)C.I. The molecule has 0 spiro atoms. The number of aryl methyl sites for hydroxylation is 2. The molecule has 26 heavy (non-hydrogen) atoms. The molecule has 0 saturated carbocycles. The fourth-order valence-corrected chi connectivity index (χ4v) is 2.70. The molecule has 2 aromatic heterocycles. The predicted octanol–water partition coefficient (Wildman–Crippen LogP) is 2.20. The van der Waals surface area contributed by atoms with Gasteiger partial charge >= 0.3 is 0 Å². The van der Waals surface area contributed by atoms with Gasteiger partial charge in [0.1, 0.15) is 12.4 Å². The Balaban J connectivity index is 0.00000338. The smallest absolute Gasteiger partial charge is 0.194 e. The summed E-state index contributed by atoms with van der Waals surface area (Å²) >= 11 is 0. The van der Waals surface area contributed by atoms with Crippen molar-refractivity contribution in [2.24, 2.45) is 19.1 Å². The van der Waals surface area contributed by atoms with Crippen LogP contribution in [0.5, 0.6) is 0 Å². The quantitative estimate of drug-likeness (QED) is 0.395. The van der Waals surface area contributed by atoms with E-state index in [0.717, 1.165) is 36.4 Å². The van der Waals surface area contributed by atoms with Crippen LogP contribution in [0.3, 0.4) is 0 Å². The van der Waals surface area contributed by atoms with Crippen LogP contribution in [0.2, 0.25) is 0 Å². The Morgan fingerprint density at radius 1 is 1.31 bits per heavy atom. The van der Waals surface area contributed by atoms with Gasteiger partial charge in [-0.05, 0) is 19.8 Å². The maximum Gasteiger partial charge on any atom is 0.194 e. The van der Waals surface area contributed by atoms with Gasteiger partial charge in [-0.15, -0.1) is 34.2 Å². The first-order chi connectivity index (χ1) is 11.8. The minimum atomic E-state index is 0. The number of guanidine groups is 1. The van der Waals surface area contributed by atoms with E-state index >= 15 is 0 Å². The van der Waals surface area contributed by atoms with E-state index < -0.39 is 0 Å². The van der Waals surface area contributed by atoms with Crippen LogP contribution in [0.4, 0.5) is 0 Å². The van der Waals surface area contributed by atoms with E-state index in [1.807, 2.05) is 37.3 Å². The van der Waals surface area contributed by atoms with Crippen molar-refractivity contribution in [1.82, 2.24) is 34.8 Å². The zero-order chi connectivity index (χ0) is 18.6. The fourth-order valence-electron chi connectivity index (χ4n) is 2.70. The standard InChI is InChI=1S/C17H30N8.HI/c1-8-18-17(19-9-15-21-20-13(4)25(15)7)23(5)10-14-11-24(6)22-16(14)12(2)3;/h11-12H,8-10H2,1-7H3,(H,18,19);1H. The van der Waals surface area contributed by atoms with Crippen LogP contribution >= 0.6 is 24.0 Å². The van der Waals surface area contributed by atoms with E-state index in [4.69, 9.17) is 4.99 Å². The second kappa shape index (κ2) is 9.89. The number of hydrogen-bond acceptors (Lipinski definition) is 4. The average molecular weight is 474 g/mol. The van der Waals surface area contributed by atoms with Crippen LogP contribution < -0.4 is 5.32 Å². The van der Waals surface area contributed by atoms with Crippen molar-refractivity contribution < 1.29 is 0 Å². The fraction of sp³-hybridized carbons (Fsp3) is 0.647. The summed E-state index contributed by atoms with van der Waals surface area (Å²) in [7, 11) is 5.97. The monoisotopic (exact) mass is 474 g/mol. The molecule has 0 amide bonds. The molecule has 2 heterocycles. The summed E-state index contributed by atoms with van der Waals surface area (Å²) in [4.78, 5) is 6.84. The summed E-state index contributed by atoms with van der Waals surface area (Å²) in [5.41, 5.74) is 2.36. The largest absolute Gasteiger partial charge is 0.357 e. The first kappa shape index (κ1) is 22.4. The van der Waals surface area contributed by atoms with Gasteiger partial charge < -0.3 is 14.8 Å². The Kier molecular flexibility index (Phi) is 8.51. The molecule has 0 saturated heterocycles. The van der Waals surface area contributed by atoms with Gasteiger partial charge in [-0.25, -0.2) is 4.99 Å². The third-order valence-corrected chi connectivity index (χ3v) is 4.14. The molecule has 2 aromatic rings. The lowest BCUT2D eigenvalue weighted by Crippen LogP contribution is -2.38.